The highest BCUT2D eigenvalue weighted by Gasteiger charge is 2.31. The van der Waals surface area contributed by atoms with Crippen molar-refractivity contribution in [3.63, 3.8) is 0 Å². The average Bonchev–Trinajstić information content (AvgIpc) is 3.35. The predicted octanol–water partition coefficient (Wildman–Crippen LogP) is 6.83. The van der Waals surface area contributed by atoms with Crippen molar-refractivity contribution in [1.82, 2.24) is 14.9 Å². The summed E-state index contributed by atoms with van der Waals surface area (Å²) >= 11 is 6.57. The van der Waals surface area contributed by atoms with Crippen LogP contribution in [0.5, 0.6) is 0 Å². The fourth-order valence-electron chi connectivity index (χ4n) is 4.99. The Morgan fingerprint density at radius 1 is 1.06 bits per heavy atom. The van der Waals surface area contributed by atoms with E-state index in [1.165, 1.54) is 17.5 Å². The van der Waals surface area contributed by atoms with E-state index >= 15 is 0 Å². The van der Waals surface area contributed by atoms with Gasteiger partial charge in [0.2, 0.25) is 5.91 Å². The number of aromatic nitrogens is 2. The van der Waals surface area contributed by atoms with Crippen molar-refractivity contribution >= 4 is 28.9 Å². The van der Waals surface area contributed by atoms with Crippen molar-refractivity contribution in [2.75, 3.05) is 11.9 Å². The third kappa shape index (κ3) is 4.32. The van der Waals surface area contributed by atoms with Crippen LogP contribution < -0.4 is 5.32 Å². The molecule has 2 aliphatic rings. The van der Waals surface area contributed by atoms with Crippen molar-refractivity contribution in [2.45, 2.75) is 32.2 Å². The topological polar surface area (TPSA) is 61.0 Å². The number of nitrogens with zero attached hydrogens (tertiary/aromatic N) is 2. The van der Waals surface area contributed by atoms with Gasteiger partial charge < -0.3 is 15.2 Å². The normalized spacial score (nSPS) is 15.4. The largest absolute Gasteiger partial charge is 0.355 e. The molecule has 4 aromatic rings. The maximum atomic E-state index is 12.8. The van der Waals surface area contributed by atoms with Crippen LogP contribution >= 0.6 is 11.6 Å². The molecule has 1 fully saturated rings. The maximum Gasteiger partial charge on any atom is 0.225 e. The summed E-state index contributed by atoms with van der Waals surface area (Å²) < 4.78 is 0. The standard InChI is InChI=1S/C29H27ClN4O/c30-25-13-12-22(16-24(25)28-31-17-27(33-28)19-6-2-1-3-7-19)32-26-11-5-10-21-18-34(15-14-23(21)26)29(35)20-8-4-9-20/h1-3,5-7,10-13,16-17,20,32H,4,8-9,14-15,18H2,(H,31,33). The summed E-state index contributed by atoms with van der Waals surface area (Å²) in [7, 11) is 0. The highest BCUT2D eigenvalue weighted by Crippen LogP contribution is 2.35. The van der Waals surface area contributed by atoms with Gasteiger partial charge in [0, 0.05) is 35.9 Å². The van der Waals surface area contributed by atoms with Gasteiger partial charge in [-0.3, -0.25) is 4.79 Å². The van der Waals surface area contributed by atoms with Crippen LogP contribution in [-0.4, -0.2) is 27.3 Å². The first kappa shape index (κ1) is 21.9. The number of amides is 1. The highest BCUT2D eigenvalue weighted by atomic mass is 35.5. The Labute approximate surface area is 210 Å². The second kappa shape index (κ2) is 9.23. The number of carbonyl (C=O) groups is 1. The number of rotatable bonds is 5. The zero-order chi connectivity index (χ0) is 23.8. The number of nitrogens with one attached hydrogen (secondary N) is 2. The van der Waals surface area contributed by atoms with Gasteiger partial charge in [0.05, 0.1) is 16.9 Å². The average molecular weight is 483 g/mol. The monoisotopic (exact) mass is 482 g/mol. The minimum atomic E-state index is 0.245. The van der Waals surface area contributed by atoms with Crippen LogP contribution in [-0.2, 0) is 17.8 Å². The molecular weight excluding hydrogens is 456 g/mol. The molecule has 1 amide bonds. The third-order valence-electron chi connectivity index (χ3n) is 7.19. The van der Waals surface area contributed by atoms with Crippen LogP contribution in [0, 0.1) is 5.92 Å². The SMILES string of the molecule is O=C(C1CCC1)N1CCc2c(cccc2Nc2ccc(Cl)c(-c3ncc(-c4ccccc4)[nH]3)c2)C1. The number of fused-ring (bicyclic) bond motifs is 1. The quantitative estimate of drug-likeness (QED) is 0.328. The Balaban J connectivity index is 1.24. The van der Waals surface area contributed by atoms with Gasteiger partial charge >= 0.3 is 0 Å². The molecule has 5 nitrogen and oxygen atoms in total. The lowest BCUT2D eigenvalue weighted by Gasteiger charge is -2.35. The van der Waals surface area contributed by atoms with E-state index in [-0.39, 0.29) is 5.92 Å². The Hall–Kier alpha value is -3.57. The summed E-state index contributed by atoms with van der Waals surface area (Å²) in [5.74, 6) is 1.31. The van der Waals surface area contributed by atoms with Crippen molar-refractivity contribution in [3.8, 4) is 22.6 Å². The van der Waals surface area contributed by atoms with Crippen molar-refractivity contribution in [2.24, 2.45) is 5.92 Å². The van der Waals surface area contributed by atoms with E-state index in [1.54, 1.807) is 0 Å². The van der Waals surface area contributed by atoms with Crippen LogP contribution in [0.4, 0.5) is 11.4 Å². The number of imidazole rings is 1. The Bertz CT molecular complexity index is 1380. The van der Waals surface area contributed by atoms with E-state index in [0.717, 1.165) is 59.8 Å². The Morgan fingerprint density at radius 2 is 1.91 bits per heavy atom. The lowest BCUT2D eigenvalue weighted by atomic mass is 9.83. The van der Waals surface area contributed by atoms with Gasteiger partial charge in [-0.05, 0) is 60.2 Å². The van der Waals surface area contributed by atoms with E-state index in [9.17, 15) is 4.79 Å². The number of benzene rings is 3. The number of carbonyl (C=O) groups excluding carboxylic acids is 1. The molecule has 2 heterocycles. The number of aromatic amines is 1. The maximum absolute atomic E-state index is 12.8. The van der Waals surface area contributed by atoms with Gasteiger partial charge in [0.1, 0.15) is 5.82 Å². The molecule has 1 aliphatic heterocycles. The van der Waals surface area contributed by atoms with Gasteiger partial charge in [-0.15, -0.1) is 0 Å². The first-order valence-corrected chi connectivity index (χ1v) is 12.6. The van der Waals surface area contributed by atoms with Gasteiger partial charge in [-0.2, -0.15) is 0 Å². The fourth-order valence-corrected chi connectivity index (χ4v) is 5.20. The molecule has 35 heavy (non-hydrogen) atoms. The number of hydrogen-bond acceptors (Lipinski definition) is 3. The van der Waals surface area contributed by atoms with Gasteiger partial charge in [0.15, 0.2) is 0 Å². The molecule has 0 spiro atoms. The van der Waals surface area contributed by atoms with Crippen LogP contribution in [0.2, 0.25) is 5.02 Å². The van der Waals surface area contributed by atoms with E-state index in [1.807, 2.05) is 47.5 Å². The summed E-state index contributed by atoms with van der Waals surface area (Å²) in [5.41, 5.74) is 7.42. The molecule has 6 heteroatoms. The Kier molecular flexibility index (Phi) is 5.78. The molecule has 0 unspecified atom stereocenters. The molecule has 0 atom stereocenters. The smallest absolute Gasteiger partial charge is 0.225 e. The van der Waals surface area contributed by atoms with Crippen LogP contribution in [0.3, 0.4) is 0 Å². The molecule has 3 aromatic carbocycles. The lowest BCUT2D eigenvalue weighted by Crippen LogP contribution is -2.41. The summed E-state index contributed by atoms with van der Waals surface area (Å²) in [6.45, 7) is 1.47. The molecular formula is C29H27ClN4O. The number of halogens is 1. The predicted molar refractivity (Wildman–Crippen MR) is 141 cm³/mol. The fraction of sp³-hybridized carbons (Fsp3) is 0.241. The van der Waals surface area contributed by atoms with Crippen LogP contribution in [0.1, 0.15) is 30.4 Å². The third-order valence-corrected chi connectivity index (χ3v) is 7.52. The summed E-state index contributed by atoms with van der Waals surface area (Å²) in [4.78, 5) is 22.8. The molecule has 0 radical (unpaired) electrons. The van der Waals surface area contributed by atoms with Gasteiger partial charge in [-0.25, -0.2) is 4.98 Å². The van der Waals surface area contributed by atoms with E-state index in [0.29, 0.717) is 17.5 Å². The van der Waals surface area contributed by atoms with Crippen LogP contribution in [0.25, 0.3) is 22.6 Å². The Morgan fingerprint density at radius 3 is 2.71 bits per heavy atom. The number of anilines is 2. The molecule has 6 rings (SSSR count). The molecule has 1 aromatic heterocycles. The zero-order valence-electron chi connectivity index (χ0n) is 19.4. The highest BCUT2D eigenvalue weighted by molar-refractivity contribution is 6.33. The second-order valence-corrected chi connectivity index (χ2v) is 9.82. The molecule has 1 aliphatic carbocycles. The van der Waals surface area contributed by atoms with Gasteiger partial charge in [-0.1, -0.05) is 60.5 Å². The molecule has 0 saturated heterocycles. The minimum Gasteiger partial charge on any atom is -0.355 e. The molecule has 0 bridgehead atoms. The summed E-state index contributed by atoms with van der Waals surface area (Å²) in [6.07, 6.45) is 5.97. The first-order chi connectivity index (χ1) is 17.2. The zero-order valence-corrected chi connectivity index (χ0v) is 20.2. The molecule has 1 saturated carbocycles. The van der Waals surface area contributed by atoms with Crippen molar-refractivity contribution in [1.29, 1.82) is 0 Å². The minimum absolute atomic E-state index is 0.245. The summed E-state index contributed by atoms with van der Waals surface area (Å²) in [6, 6.07) is 22.4. The summed E-state index contributed by atoms with van der Waals surface area (Å²) in [5, 5.41) is 4.24. The lowest BCUT2D eigenvalue weighted by molar-refractivity contribution is -0.139. The van der Waals surface area contributed by atoms with Crippen LogP contribution in [0.15, 0.2) is 72.9 Å². The molecule has 2 N–H and O–H groups in total. The van der Waals surface area contributed by atoms with E-state index < -0.39 is 0 Å². The second-order valence-electron chi connectivity index (χ2n) is 9.41. The number of H-pyrrole nitrogens is 1. The number of hydrogen-bond donors (Lipinski definition) is 2. The van der Waals surface area contributed by atoms with Gasteiger partial charge in [0.25, 0.3) is 0 Å². The molecule has 176 valence electrons. The first-order valence-electron chi connectivity index (χ1n) is 12.2. The van der Waals surface area contributed by atoms with Crippen molar-refractivity contribution in [3.05, 3.63) is 89.1 Å². The van der Waals surface area contributed by atoms with E-state index in [4.69, 9.17) is 11.6 Å². The van der Waals surface area contributed by atoms with E-state index in [2.05, 4.69) is 45.6 Å². The van der Waals surface area contributed by atoms with Crippen molar-refractivity contribution < 1.29 is 4.79 Å².